The first-order chi connectivity index (χ1) is 20.3. The van der Waals surface area contributed by atoms with Crippen LogP contribution in [0.3, 0.4) is 0 Å². The van der Waals surface area contributed by atoms with Gasteiger partial charge in [0.25, 0.3) is 0 Å². The Bertz CT molecular complexity index is 1700. The number of halogens is 1. The smallest absolute Gasteiger partial charge is 0.419 e. The summed E-state index contributed by atoms with van der Waals surface area (Å²) in [6, 6.07) is 25.9. The average molecular weight is 680 g/mol. The molecule has 2 unspecified atom stereocenters. The molecule has 0 radical (unpaired) electrons. The summed E-state index contributed by atoms with van der Waals surface area (Å²) in [5, 5.41) is 7.47. The van der Waals surface area contributed by atoms with Gasteiger partial charge < -0.3 is 24.5 Å². The zero-order chi connectivity index (χ0) is 29.7. The second kappa shape index (κ2) is 12.7. The molecule has 10 heteroatoms. The molecule has 0 spiro atoms. The Morgan fingerprint density at radius 1 is 0.976 bits per heavy atom. The third-order valence-electron chi connectivity index (χ3n) is 7.06. The normalized spacial score (nSPS) is 13.3. The summed E-state index contributed by atoms with van der Waals surface area (Å²) in [7, 11) is 0. The van der Waals surface area contributed by atoms with Crippen molar-refractivity contribution in [2.75, 3.05) is 4.61 Å². The monoisotopic (exact) mass is 679 g/mol. The first kappa shape index (κ1) is 29.2. The van der Waals surface area contributed by atoms with Crippen LogP contribution < -0.4 is 10.6 Å². The number of amides is 2. The minimum Gasteiger partial charge on any atom is -0.457 e. The number of fused-ring (bicyclic) bond motifs is 2. The molecular formula is C32H30IN3O6. The fourth-order valence-electron chi connectivity index (χ4n) is 4.91. The molecule has 2 heterocycles. The zero-order valence-corrected chi connectivity index (χ0v) is 25.3. The number of ether oxygens (including phenoxy) is 2. The van der Waals surface area contributed by atoms with Gasteiger partial charge in [-0.3, -0.25) is 9.36 Å². The zero-order valence-electron chi connectivity index (χ0n) is 23.1. The number of para-hydroxylation sites is 2. The number of nitrogens with one attached hydrogen (secondary N) is 2. The number of alkyl carbamates (subject to hydrolysis) is 1. The fourth-order valence-corrected chi connectivity index (χ4v) is 5.17. The van der Waals surface area contributed by atoms with Crippen LogP contribution in [0, 0.1) is 0 Å². The number of rotatable bonds is 9. The Hall–Kier alpha value is -4.32. The van der Waals surface area contributed by atoms with Gasteiger partial charge in [0.2, 0.25) is 5.91 Å². The van der Waals surface area contributed by atoms with Crippen LogP contribution in [0.4, 0.5) is 9.59 Å². The molecule has 0 aliphatic carbocycles. The molecule has 5 rings (SSSR count). The average Bonchev–Trinajstić information content (AvgIpc) is 3.58. The Morgan fingerprint density at radius 2 is 1.69 bits per heavy atom. The van der Waals surface area contributed by atoms with E-state index in [0.717, 1.165) is 16.3 Å². The molecule has 3 aromatic carbocycles. The summed E-state index contributed by atoms with van der Waals surface area (Å²) in [5.74, 6) is 0.0678. The predicted molar refractivity (Wildman–Crippen MR) is 167 cm³/mol. The molecule has 2 atom stereocenters. The van der Waals surface area contributed by atoms with E-state index in [2.05, 4.69) is 10.6 Å². The SMILES string of the molecule is CC(NC(=O)C(C)(Cc1cn(C(=O)OCI)c2ccccc12)NC(=O)OCc1cc2ccccc2o1)c1ccccc1. The predicted octanol–water partition coefficient (Wildman–Crippen LogP) is 6.87. The quantitative estimate of drug-likeness (QED) is 0.130. The van der Waals surface area contributed by atoms with Crippen molar-refractivity contribution >= 4 is 62.6 Å². The Morgan fingerprint density at radius 3 is 2.45 bits per heavy atom. The molecule has 2 amide bonds. The summed E-state index contributed by atoms with van der Waals surface area (Å²) in [6.07, 6.45) is 0.403. The van der Waals surface area contributed by atoms with Crippen molar-refractivity contribution in [3.8, 4) is 0 Å². The number of nitrogens with zero attached hydrogens (tertiary/aromatic N) is 1. The Balaban J connectivity index is 1.41. The number of aromatic nitrogens is 1. The van der Waals surface area contributed by atoms with Crippen LogP contribution in [0.15, 0.2) is 95.5 Å². The van der Waals surface area contributed by atoms with Crippen LogP contribution in [0.5, 0.6) is 0 Å². The largest absolute Gasteiger partial charge is 0.457 e. The van der Waals surface area contributed by atoms with Crippen LogP contribution in [-0.4, -0.2) is 32.8 Å². The molecule has 5 aromatic rings. The second-order valence-corrected chi connectivity index (χ2v) is 10.8. The minimum atomic E-state index is -1.45. The number of carbonyl (C=O) groups is 3. The van der Waals surface area contributed by atoms with E-state index in [1.165, 1.54) is 4.57 Å². The molecule has 0 bridgehead atoms. The molecule has 0 saturated heterocycles. The molecule has 0 aliphatic rings. The molecule has 0 fully saturated rings. The van der Waals surface area contributed by atoms with Crippen molar-refractivity contribution in [2.45, 2.75) is 38.5 Å². The Labute approximate surface area is 256 Å². The van der Waals surface area contributed by atoms with E-state index in [-0.39, 0.29) is 23.7 Å². The number of benzene rings is 3. The van der Waals surface area contributed by atoms with Crippen molar-refractivity contribution in [3.05, 3.63) is 108 Å². The highest BCUT2D eigenvalue weighted by Crippen LogP contribution is 2.27. The molecule has 216 valence electrons. The van der Waals surface area contributed by atoms with Gasteiger partial charge in [0.1, 0.15) is 21.5 Å². The van der Waals surface area contributed by atoms with E-state index in [0.29, 0.717) is 22.4 Å². The molecule has 2 N–H and O–H groups in total. The van der Waals surface area contributed by atoms with Gasteiger partial charge in [-0.25, -0.2) is 9.59 Å². The number of furan rings is 1. The molecule has 2 aromatic heterocycles. The van der Waals surface area contributed by atoms with Crippen molar-refractivity contribution in [1.82, 2.24) is 15.2 Å². The van der Waals surface area contributed by atoms with Crippen LogP contribution >= 0.6 is 22.6 Å². The van der Waals surface area contributed by atoms with E-state index in [9.17, 15) is 14.4 Å². The highest BCUT2D eigenvalue weighted by Gasteiger charge is 2.38. The van der Waals surface area contributed by atoms with Crippen LogP contribution in [0.1, 0.15) is 36.8 Å². The number of carbonyl (C=O) groups excluding carboxylic acids is 3. The maximum atomic E-state index is 13.9. The molecule has 0 saturated carbocycles. The van der Waals surface area contributed by atoms with Crippen molar-refractivity contribution in [3.63, 3.8) is 0 Å². The lowest BCUT2D eigenvalue weighted by Gasteiger charge is -2.30. The summed E-state index contributed by atoms with van der Waals surface area (Å²) in [6.45, 7) is 3.40. The van der Waals surface area contributed by atoms with Crippen molar-refractivity contribution in [2.24, 2.45) is 0 Å². The van der Waals surface area contributed by atoms with Crippen LogP contribution in [0.2, 0.25) is 0 Å². The maximum absolute atomic E-state index is 13.9. The van der Waals surface area contributed by atoms with Gasteiger partial charge in [-0.2, -0.15) is 0 Å². The van der Waals surface area contributed by atoms with Crippen LogP contribution in [0.25, 0.3) is 21.9 Å². The van der Waals surface area contributed by atoms with Gasteiger partial charge in [0, 0.05) is 23.4 Å². The highest BCUT2D eigenvalue weighted by molar-refractivity contribution is 14.1. The number of hydrogen-bond donors (Lipinski definition) is 2. The fraction of sp³-hybridized carbons (Fsp3) is 0.219. The van der Waals surface area contributed by atoms with E-state index < -0.39 is 23.6 Å². The number of alkyl halides is 1. The lowest BCUT2D eigenvalue weighted by atomic mass is 9.91. The standard InChI is InChI=1S/C32H30IN3O6/c1-21(22-10-4-3-5-11-22)34-29(37)32(2,35-30(38)40-19-25-16-23-12-6-9-15-28(23)42-25)17-24-18-36(31(39)41-20-33)27-14-8-7-13-26(24)27/h3-16,18,21H,17,19-20H2,1-2H3,(H,34,37)(H,35,38). The first-order valence-corrected chi connectivity index (χ1v) is 14.9. The van der Waals surface area contributed by atoms with Gasteiger partial charge in [-0.05, 0) is 65.8 Å². The van der Waals surface area contributed by atoms with E-state index >= 15 is 0 Å². The summed E-state index contributed by atoms with van der Waals surface area (Å²) < 4.78 is 18.1. The molecule has 0 aliphatic heterocycles. The topological polar surface area (TPSA) is 112 Å². The van der Waals surface area contributed by atoms with E-state index in [1.54, 1.807) is 25.3 Å². The lowest BCUT2D eigenvalue weighted by molar-refractivity contribution is -0.127. The number of hydrogen-bond acceptors (Lipinski definition) is 6. The third kappa shape index (κ3) is 6.43. The molecule has 42 heavy (non-hydrogen) atoms. The van der Waals surface area contributed by atoms with Gasteiger partial charge in [0.05, 0.1) is 11.6 Å². The summed E-state index contributed by atoms with van der Waals surface area (Å²) in [5.41, 5.74) is 1.47. The van der Waals surface area contributed by atoms with Gasteiger partial charge >= 0.3 is 12.2 Å². The van der Waals surface area contributed by atoms with Gasteiger partial charge in [0.15, 0.2) is 6.61 Å². The second-order valence-electron chi connectivity index (χ2n) is 10.1. The van der Waals surface area contributed by atoms with E-state index in [4.69, 9.17) is 13.9 Å². The first-order valence-electron chi connectivity index (χ1n) is 13.4. The maximum Gasteiger partial charge on any atom is 0.419 e. The van der Waals surface area contributed by atoms with E-state index in [1.807, 2.05) is 102 Å². The van der Waals surface area contributed by atoms with Crippen molar-refractivity contribution in [1.29, 1.82) is 0 Å². The summed E-state index contributed by atoms with van der Waals surface area (Å²) >= 11 is 1.96. The molecule has 9 nitrogen and oxygen atoms in total. The molecular weight excluding hydrogens is 649 g/mol. The van der Waals surface area contributed by atoms with Crippen molar-refractivity contribution < 1.29 is 28.3 Å². The highest BCUT2D eigenvalue weighted by atomic mass is 127. The van der Waals surface area contributed by atoms with Crippen LogP contribution in [-0.2, 0) is 27.3 Å². The Kier molecular flexibility index (Phi) is 8.81. The minimum absolute atomic E-state index is 0.0745. The van der Waals surface area contributed by atoms with Gasteiger partial charge in [-0.15, -0.1) is 0 Å². The lowest BCUT2D eigenvalue weighted by Crippen LogP contribution is -2.58. The third-order valence-corrected chi connectivity index (χ3v) is 7.37. The summed E-state index contributed by atoms with van der Waals surface area (Å²) in [4.78, 5) is 39.7. The van der Waals surface area contributed by atoms with Gasteiger partial charge in [-0.1, -0.05) is 66.7 Å².